The molecule has 0 bridgehead atoms. The van der Waals surface area contributed by atoms with Crippen molar-refractivity contribution in [2.45, 2.75) is 56.3 Å². The number of aliphatic imine (C=N–C) groups is 1. The average Bonchev–Trinajstić information content (AvgIpc) is 3.52. The van der Waals surface area contributed by atoms with Crippen molar-refractivity contribution in [3.63, 3.8) is 0 Å². The molecule has 1 aliphatic rings. The van der Waals surface area contributed by atoms with Gasteiger partial charge in [-0.15, -0.1) is 0 Å². The summed E-state index contributed by atoms with van der Waals surface area (Å²) in [6.07, 6.45) is -2.52. The Morgan fingerprint density at radius 2 is 2.05 bits per heavy atom. The Morgan fingerprint density at radius 1 is 1.31 bits per heavy atom. The Labute approximate surface area is 244 Å². The Bertz CT molecular complexity index is 1360. The van der Waals surface area contributed by atoms with Gasteiger partial charge >= 0.3 is 14.5 Å². The number of hydrogen-bond acceptors (Lipinski definition) is 13. The van der Waals surface area contributed by atoms with E-state index in [1.165, 1.54) is 18.0 Å². The van der Waals surface area contributed by atoms with E-state index in [0.717, 1.165) is 0 Å². The maximum atomic E-state index is 12.7. The lowest BCUT2D eigenvalue weighted by atomic mass is 9.91. The number of rotatable bonds is 14. The van der Waals surface area contributed by atoms with Gasteiger partial charge in [0.05, 0.1) is 24.4 Å². The van der Waals surface area contributed by atoms with Crippen LogP contribution in [-0.2, 0) is 29.1 Å². The number of nitrogens with two attached hydrogens (primary N) is 1. The number of aromatic nitrogens is 3. The van der Waals surface area contributed by atoms with Gasteiger partial charge in [-0.05, 0) is 51.8 Å². The number of fused-ring (bicyclic) bond motifs is 1. The molecular formula is C27H37N6O8P. The normalized spacial score (nSPS) is 23.9. The smallest absolute Gasteiger partial charge is 0.323 e. The first kappa shape index (κ1) is 31.7. The number of nitrogens with zero attached hydrogens (tertiary/aromatic N) is 4. The molecule has 6 atom stereocenters. The van der Waals surface area contributed by atoms with Crippen LogP contribution < -0.4 is 15.3 Å². The quantitative estimate of drug-likeness (QED) is 0.119. The minimum absolute atomic E-state index is 0.0527. The van der Waals surface area contributed by atoms with E-state index in [1.54, 1.807) is 57.2 Å². The zero-order valence-electron chi connectivity index (χ0n) is 23.9. The highest BCUT2D eigenvalue weighted by Gasteiger charge is 2.56. The standard InChI is InChI=1S/C27H37N6O8P/c1-17(25(36)38-15-26(2,3)37-5)32-42(41-18-9-7-6-8-10-18)39-13-20-22(34)23(35)27(40-20,14-29-4)21-12-11-19-24(28)30-16-31-33(19)21/h6-12,16-17,20,22-23,32,34-35H,4,13-15H2,1-3,5H3,(H2,28,30,31)/t17-,20+,22+,23+,27-,42?/m0/s1. The molecule has 14 nitrogen and oxygen atoms in total. The van der Waals surface area contributed by atoms with Crippen molar-refractivity contribution >= 4 is 32.5 Å². The van der Waals surface area contributed by atoms with E-state index in [4.69, 9.17) is 29.0 Å². The Morgan fingerprint density at radius 3 is 2.74 bits per heavy atom. The fourth-order valence-electron chi connectivity index (χ4n) is 4.33. The van der Waals surface area contributed by atoms with Crippen molar-refractivity contribution in [3.8, 4) is 5.75 Å². The molecule has 0 spiro atoms. The van der Waals surface area contributed by atoms with Crippen LogP contribution in [-0.4, -0.2) is 94.3 Å². The predicted octanol–water partition coefficient (Wildman–Crippen LogP) is 1.60. The second-order valence-electron chi connectivity index (χ2n) is 10.4. The number of esters is 1. The van der Waals surface area contributed by atoms with E-state index in [9.17, 15) is 15.0 Å². The number of para-hydroxylation sites is 1. The van der Waals surface area contributed by atoms with Crippen LogP contribution in [0.25, 0.3) is 5.52 Å². The lowest BCUT2D eigenvalue weighted by molar-refractivity contribution is -0.153. The monoisotopic (exact) mass is 604 g/mol. The second-order valence-corrected chi connectivity index (χ2v) is 11.6. The number of nitrogens with one attached hydrogen (secondary N) is 1. The van der Waals surface area contributed by atoms with Gasteiger partial charge in [0.15, 0.2) is 11.4 Å². The number of hydrogen-bond donors (Lipinski definition) is 4. The van der Waals surface area contributed by atoms with Gasteiger partial charge in [-0.3, -0.25) is 9.79 Å². The first-order valence-electron chi connectivity index (χ1n) is 13.2. The molecule has 228 valence electrons. The summed E-state index contributed by atoms with van der Waals surface area (Å²) in [6, 6.07) is 11.5. The zero-order valence-corrected chi connectivity index (χ0v) is 24.8. The van der Waals surface area contributed by atoms with Crippen LogP contribution in [0.5, 0.6) is 5.75 Å². The zero-order chi connectivity index (χ0) is 30.5. The van der Waals surface area contributed by atoms with Crippen LogP contribution in [0.15, 0.2) is 53.8 Å². The molecular weight excluding hydrogens is 567 g/mol. The number of anilines is 1. The summed E-state index contributed by atoms with van der Waals surface area (Å²) in [5.41, 5.74) is 4.74. The third-order valence-corrected chi connectivity index (χ3v) is 8.22. The molecule has 42 heavy (non-hydrogen) atoms. The largest absolute Gasteiger partial charge is 0.461 e. The molecule has 3 aromatic rings. The lowest BCUT2D eigenvalue weighted by Gasteiger charge is -2.30. The molecule has 2 aromatic heterocycles. The van der Waals surface area contributed by atoms with Crippen molar-refractivity contribution in [3.05, 3.63) is 54.5 Å². The van der Waals surface area contributed by atoms with Gasteiger partial charge in [0.2, 0.25) is 0 Å². The fraction of sp³-hybridized carbons (Fsp3) is 0.481. The first-order valence-corrected chi connectivity index (χ1v) is 14.4. The van der Waals surface area contributed by atoms with E-state index in [-0.39, 0.29) is 25.6 Å². The highest BCUT2D eigenvalue weighted by Crippen LogP contribution is 2.43. The molecule has 1 aromatic carbocycles. The molecule has 15 heteroatoms. The third-order valence-electron chi connectivity index (χ3n) is 6.86. The molecule has 3 heterocycles. The molecule has 0 saturated carbocycles. The molecule has 5 N–H and O–H groups in total. The van der Waals surface area contributed by atoms with Crippen LogP contribution >= 0.6 is 8.53 Å². The van der Waals surface area contributed by atoms with Gasteiger partial charge in [-0.25, -0.2) is 14.6 Å². The van der Waals surface area contributed by atoms with Crippen LogP contribution in [0.3, 0.4) is 0 Å². The summed E-state index contributed by atoms with van der Waals surface area (Å²) < 4.78 is 30.5. The van der Waals surface area contributed by atoms with Gasteiger partial charge in [0, 0.05) is 7.11 Å². The van der Waals surface area contributed by atoms with Gasteiger partial charge in [0.1, 0.15) is 48.6 Å². The first-order chi connectivity index (χ1) is 20.0. The average molecular weight is 605 g/mol. The fourth-order valence-corrected chi connectivity index (χ4v) is 5.53. The summed E-state index contributed by atoms with van der Waals surface area (Å²) in [6.45, 7) is 8.54. The lowest BCUT2D eigenvalue weighted by Crippen LogP contribution is -2.44. The van der Waals surface area contributed by atoms with Crippen molar-refractivity contribution in [2.24, 2.45) is 4.99 Å². The number of ether oxygens (including phenoxy) is 3. The number of carbonyl (C=O) groups is 1. The summed E-state index contributed by atoms with van der Waals surface area (Å²) in [4.78, 5) is 20.7. The van der Waals surface area contributed by atoms with Crippen LogP contribution in [0.1, 0.15) is 26.5 Å². The Hall–Kier alpha value is -3.23. The minimum atomic E-state index is -1.95. The highest BCUT2D eigenvalue weighted by atomic mass is 31.2. The highest BCUT2D eigenvalue weighted by molar-refractivity contribution is 7.45. The Balaban J connectivity index is 1.51. The van der Waals surface area contributed by atoms with Crippen molar-refractivity contribution in [2.75, 3.05) is 32.6 Å². The molecule has 1 aliphatic heterocycles. The van der Waals surface area contributed by atoms with E-state index >= 15 is 0 Å². The molecule has 0 amide bonds. The number of benzene rings is 1. The van der Waals surface area contributed by atoms with E-state index in [2.05, 4.69) is 26.9 Å². The SMILES string of the molecule is C=NC[C@@]1(c2ccc3c(N)ncnn23)O[C@H](COP(N[C@@H](C)C(=O)OCC(C)(C)OC)Oc2ccccc2)[C@@H](O)[C@H]1O. The number of aliphatic hydroxyl groups is 2. The maximum absolute atomic E-state index is 12.7. The maximum Gasteiger partial charge on any atom is 0.323 e. The predicted molar refractivity (Wildman–Crippen MR) is 155 cm³/mol. The van der Waals surface area contributed by atoms with Crippen LogP contribution in [0.4, 0.5) is 5.82 Å². The molecule has 1 unspecified atom stereocenters. The molecule has 1 saturated heterocycles. The van der Waals surface area contributed by atoms with E-state index in [0.29, 0.717) is 17.0 Å². The number of methoxy groups -OCH3 is 1. The number of carbonyl (C=O) groups excluding carboxylic acids is 1. The molecule has 1 fully saturated rings. The number of aliphatic hydroxyl groups excluding tert-OH is 2. The van der Waals surface area contributed by atoms with Gasteiger partial charge in [0.25, 0.3) is 0 Å². The number of nitrogen functional groups attached to an aromatic ring is 1. The van der Waals surface area contributed by atoms with E-state index < -0.39 is 50.1 Å². The topological polar surface area (TPSA) is 184 Å². The van der Waals surface area contributed by atoms with Crippen molar-refractivity contribution in [1.82, 2.24) is 19.7 Å². The molecule has 0 aliphatic carbocycles. The third kappa shape index (κ3) is 6.87. The molecule has 4 rings (SSSR count). The van der Waals surface area contributed by atoms with Crippen molar-refractivity contribution in [1.29, 1.82) is 0 Å². The van der Waals surface area contributed by atoms with Crippen LogP contribution in [0.2, 0.25) is 0 Å². The van der Waals surface area contributed by atoms with Gasteiger partial charge < -0.3 is 39.2 Å². The minimum Gasteiger partial charge on any atom is -0.461 e. The van der Waals surface area contributed by atoms with Crippen LogP contribution in [0, 0.1) is 0 Å². The van der Waals surface area contributed by atoms with E-state index in [1.807, 2.05) is 6.07 Å². The van der Waals surface area contributed by atoms with Gasteiger partial charge in [-0.2, -0.15) is 5.10 Å². The second kappa shape index (κ2) is 13.4. The van der Waals surface area contributed by atoms with Gasteiger partial charge in [-0.1, -0.05) is 18.2 Å². The Kier molecular flexibility index (Phi) is 10.1. The molecule has 0 radical (unpaired) electrons. The summed E-state index contributed by atoms with van der Waals surface area (Å²) in [7, 11) is -0.414. The summed E-state index contributed by atoms with van der Waals surface area (Å²) >= 11 is 0. The summed E-state index contributed by atoms with van der Waals surface area (Å²) in [5, 5.41) is 29.6. The summed E-state index contributed by atoms with van der Waals surface area (Å²) in [5.74, 6) is 0.198. The van der Waals surface area contributed by atoms with Crippen molar-refractivity contribution < 1.29 is 38.3 Å².